The highest BCUT2D eigenvalue weighted by Gasteiger charge is 2.11. The summed E-state index contributed by atoms with van der Waals surface area (Å²) in [5, 5.41) is 14.1. The number of aromatic nitrogens is 3. The van der Waals surface area contributed by atoms with Crippen molar-refractivity contribution in [2.75, 3.05) is 0 Å². The van der Waals surface area contributed by atoms with E-state index < -0.39 is 0 Å². The maximum atomic E-state index is 9.77. The predicted octanol–water partition coefficient (Wildman–Crippen LogP) is 2.45. The Kier molecular flexibility index (Phi) is 4.90. The Bertz CT molecular complexity index is 545. The molecule has 1 atom stereocenters. The van der Waals surface area contributed by atoms with Crippen molar-refractivity contribution in [2.45, 2.75) is 52.7 Å². The van der Waals surface area contributed by atoms with Crippen molar-refractivity contribution in [3.63, 3.8) is 0 Å². The van der Waals surface area contributed by atoms with E-state index >= 15 is 0 Å². The predicted molar refractivity (Wildman–Crippen MR) is 79.6 cm³/mol. The molecule has 0 aliphatic carbocycles. The molecule has 1 heterocycles. The average Bonchev–Trinajstić information content (AvgIpc) is 2.78. The van der Waals surface area contributed by atoms with Crippen LogP contribution in [-0.4, -0.2) is 26.0 Å². The SMILES string of the molecule is CCC(O)Cn1nc(C)nc1CCc1ccc(C)cc1. The van der Waals surface area contributed by atoms with Crippen LogP contribution in [0.4, 0.5) is 0 Å². The maximum absolute atomic E-state index is 9.77. The Hall–Kier alpha value is -1.68. The van der Waals surface area contributed by atoms with E-state index in [1.54, 1.807) is 0 Å². The first-order valence-electron chi connectivity index (χ1n) is 7.22. The first-order chi connectivity index (χ1) is 9.58. The van der Waals surface area contributed by atoms with Gasteiger partial charge in [0.05, 0.1) is 12.6 Å². The fraction of sp³-hybridized carbons (Fsp3) is 0.500. The summed E-state index contributed by atoms with van der Waals surface area (Å²) in [6, 6.07) is 8.58. The minimum absolute atomic E-state index is 0.353. The first kappa shape index (κ1) is 14.7. The van der Waals surface area contributed by atoms with Gasteiger partial charge in [-0.15, -0.1) is 0 Å². The zero-order valence-corrected chi connectivity index (χ0v) is 12.5. The van der Waals surface area contributed by atoms with Crippen LogP contribution in [0.2, 0.25) is 0 Å². The molecule has 0 aliphatic rings. The Morgan fingerprint density at radius 2 is 1.85 bits per heavy atom. The van der Waals surface area contributed by atoms with Crippen LogP contribution >= 0.6 is 0 Å². The molecule has 1 N–H and O–H groups in total. The molecule has 4 heteroatoms. The molecule has 1 aromatic carbocycles. The van der Waals surface area contributed by atoms with Crippen molar-refractivity contribution in [3.8, 4) is 0 Å². The Labute approximate surface area is 120 Å². The molecule has 108 valence electrons. The van der Waals surface area contributed by atoms with Crippen LogP contribution < -0.4 is 0 Å². The molecular weight excluding hydrogens is 250 g/mol. The highest BCUT2D eigenvalue weighted by Crippen LogP contribution is 2.09. The molecule has 0 radical (unpaired) electrons. The van der Waals surface area contributed by atoms with E-state index in [2.05, 4.69) is 41.3 Å². The number of hydrogen-bond donors (Lipinski definition) is 1. The number of aliphatic hydroxyl groups excluding tert-OH is 1. The van der Waals surface area contributed by atoms with Crippen LogP contribution in [0.15, 0.2) is 24.3 Å². The lowest BCUT2D eigenvalue weighted by Gasteiger charge is -2.10. The number of rotatable bonds is 6. The molecule has 0 bridgehead atoms. The lowest BCUT2D eigenvalue weighted by molar-refractivity contribution is 0.143. The summed E-state index contributed by atoms with van der Waals surface area (Å²) in [6.45, 7) is 6.49. The van der Waals surface area contributed by atoms with E-state index in [4.69, 9.17) is 0 Å². The van der Waals surface area contributed by atoms with Gasteiger partial charge in [-0.25, -0.2) is 9.67 Å². The van der Waals surface area contributed by atoms with Gasteiger partial charge in [-0.05, 0) is 32.3 Å². The first-order valence-corrected chi connectivity index (χ1v) is 7.22. The molecule has 0 amide bonds. The Balaban J connectivity index is 2.03. The number of nitrogens with zero attached hydrogens (tertiary/aromatic N) is 3. The normalized spacial score (nSPS) is 12.6. The zero-order chi connectivity index (χ0) is 14.5. The summed E-state index contributed by atoms with van der Waals surface area (Å²) in [5.74, 6) is 1.72. The second-order valence-corrected chi connectivity index (χ2v) is 5.31. The minimum Gasteiger partial charge on any atom is -0.391 e. The molecule has 0 aliphatic heterocycles. The van der Waals surface area contributed by atoms with E-state index in [1.165, 1.54) is 11.1 Å². The summed E-state index contributed by atoms with van der Waals surface area (Å²) < 4.78 is 1.84. The van der Waals surface area contributed by atoms with Crippen molar-refractivity contribution in [2.24, 2.45) is 0 Å². The summed E-state index contributed by atoms with van der Waals surface area (Å²) in [5.41, 5.74) is 2.58. The number of aliphatic hydroxyl groups is 1. The molecule has 2 aromatic rings. The molecule has 2 rings (SSSR count). The van der Waals surface area contributed by atoms with Crippen molar-refractivity contribution in [1.82, 2.24) is 14.8 Å². The third kappa shape index (κ3) is 3.90. The third-order valence-corrected chi connectivity index (χ3v) is 3.47. The van der Waals surface area contributed by atoms with Gasteiger partial charge in [-0.1, -0.05) is 36.8 Å². The standard InChI is InChI=1S/C16H23N3O/c1-4-15(20)11-19-16(17-13(3)18-19)10-9-14-7-5-12(2)6-8-14/h5-8,15,20H,4,9-11H2,1-3H3. The van der Waals surface area contributed by atoms with Gasteiger partial charge in [0, 0.05) is 6.42 Å². The third-order valence-electron chi connectivity index (χ3n) is 3.47. The summed E-state index contributed by atoms with van der Waals surface area (Å²) in [7, 11) is 0. The quantitative estimate of drug-likeness (QED) is 0.879. The molecule has 1 unspecified atom stereocenters. The van der Waals surface area contributed by atoms with Crippen LogP contribution in [0.3, 0.4) is 0 Å². The fourth-order valence-corrected chi connectivity index (χ4v) is 2.17. The topological polar surface area (TPSA) is 50.9 Å². The second kappa shape index (κ2) is 6.66. The van der Waals surface area contributed by atoms with Crippen LogP contribution in [0, 0.1) is 13.8 Å². The lowest BCUT2D eigenvalue weighted by Crippen LogP contribution is -2.18. The van der Waals surface area contributed by atoms with E-state index in [0.717, 1.165) is 30.9 Å². The fourth-order valence-electron chi connectivity index (χ4n) is 2.17. The van der Waals surface area contributed by atoms with Gasteiger partial charge in [0.15, 0.2) is 0 Å². The summed E-state index contributed by atoms with van der Waals surface area (Å²) in [4.78, 5) is 4.47. The van der Waals surface area contributed by atoms with Gasteiger partial charge < -0.3 is 5.11 Å². The molecular formula is C16H23N3O. The van der Waals surface area contributed by atoms with Gasteiger partial charge in [-0.3, -0.25) is 0 Å². The minimum atomic E-state index is -0.353. The Morgan fingerprint density at radius 3 is 2.50 bits per heavy atom. The van der Waals surface area contributed by atoms with Crippen molar-refractivity contribution >= 4 is 0 Å². The van der Waals surface area contributed by atoms with Crippen LogP contribution in [-0.2, 0) is 19.4 Å². The highest BCUT2D eigenvalue weighted by molar-refractivity contribution is 5.21. The highest BCUT2D eigenvalue weighted by atomic mass is 16.3. The summed E-state index contributed by atoms with van der Waals surface area (Å²) >= 11 is 0. The van der Waals surface area contributed by atoms with Crippen LogP contribution in [0.5, 0.6) is 0 Å². The average molecular weight is 273 g/mol. The smallest absolute Gasteiger partial charge is 0.147 e. The molecule has 0 saturated carbocycles. The largest absolute Gasteiger partial charge is 0.391 e. The monoisotopic (exact) mass is 273 g/mol. The molecule has 1 aromatic heterocycles. The van der Waals surface area contributed by atoms with Gasteiger partial charge in [0.2, 0.25) is 0 Å². The zero-order valence-electron chi connectivity index (χ0n) is 12.5. The van der Waals surface area contributed by atoms with Crippen molar-refractivity contribution in [3.05, 3.63) is 47.0 Å². The number of hydrogen-bond acceptors (Lipinski definition) is 3. The Morgan fingerprint density at radius 1 is 1.15 bits per heavy atom. The molecule has 0 spiro atoms. The van der Waals surface area contributed by atoms with E-state index in [9.17, 15) is 5.11 Å². The lowest BCUT2D eigenvalue weighted by atomic mass is 10.1. The van der Waals surface area contributed by atoms with Crippen LogP contribution in [0.1, 0.15) is 36.1 Å². The molecule has 0 fully saturated rings. The molecule has 0 saturated heterocycles. The van der Waals surface area contributed by atoms with E-state index in [1.807, 2.05) is 18.5 Å². The van der Waals surface area contributed by atoms with E-state index in [-0.39, 0.29) is 6.10 Å². The maximum Gasteiger partial charge on any atom is 0.147 e. The van der Waals surface area contributed by atoms with Gasteiger partial charge >= 0.3 is 0 Å². The van der Waals surface area contributed by atoms with Gasteiger partial charge in [0.25, 0.3) is 0 Å². The summed E-state index contributed by atoms with van der Waals surface area (Å²) in [6.07, 6.45) is 2.17. The molecule has 20 heavy (non-hydrogen) atoms. The van der Waals surface area contributed by atoms with Crippen LogP contribution in [0.25, 0.3) is 0 Å². The van der Waals surface area contributed by atoms with E-state index in [0.29, 0.717) is 6.54 Å². The van der Waals surface area contributed by atoms with Gasteiger partial charge in [0.1, 0.15) is 11.6 Å². The number of aryl methyl sites for hydroxylation is 4. The van der Waals surface area contributed by atoms with Gasteiger partial charge in [-0.2, -0.15) is 5.10 Å². The van der Waals surface area contributed by atoms with Crippen molar-refractivity contribution in [1.29, 1.82) is 0 Å². The molecule has 4 nitrogen and oxygen atoms in total. The number of benzene rings is 1. The van der Waals surface area contributed by atoms with Crippen molar-refractivity contribution < 1.29 is 5.11 Å². The second-order valence-electron chi connectivity index (χ2n) is 5.31.